The number of allylic oxidation sites excluding steroid dienone is 1. The number of para-hydroxylation sites is 1. The van der Waals surface area contributed by atoms with Gasteiger partial charge in [-0.1, -0.05) is 44.2 Å². The smallest absolute Gasteiger partial charge is 0.0528 e. The summed E-state index contributed by atoms with van der Waals surface area (Å²) in [5.41, 5.74) is 3.97. The summed E-state index contributed by atoms with van der Waals surface area (Å²) in [5.74, 6) is 0. The molecule has 0 aliphatic carbocycles. The lowest BCUT2D eigenvalue weighted by Gasteiger charge is -2.11. The first-order chi connectivity index (χ1) is 8.76. The van der Waals surface area contributed by atoms with Crippen LogP contribution >= 0.6 is 0 Å². The molecule has 0 atom stereocenters. The zero-order valence-corrected chi connectivity index (χ0v) is 11.4. The van der Waals surface area contributed by atoms with Crippen molar-refractivity contribution in [2.75, 3.05) is 6.54 Å². The number of hydrogen-bond donors (Lipinski definition) is 1. The molecule has 0 saturated carbocycles. The van der Waals surface area contributed by atoms with E-state index < -0.39 is 0 Å². The Balaban J connectivity index is 2.38. The van der Waals surface area contributed by atoms with Crippen LogP contribution in [-0.2, 0) is 13.1 Å². The maximum Gasteiger partial charge on any atom is 0.0528 e. The van der Waals surface area contributed by atoms with Crippen molar-refractivity contribution in [1.82, 2.24) is 9.88 Å². The van der Waals surface area contributed by atoms with Crippen LogP contribution in [0.25, 0.3) is 10.9 Å². The van der Waals surface area contributed by atoms with E-state index in [0.717, 1.165) is 26.1 Å². The van der Waals surface area contributed by atoms with Crippen molar-refractivity contribution < 1.29 is 0 Å². The highest BCUT2D eigenvalue weighted by Gasteiger charge is 2.06. The van der Waals surface area contributed by atoms with E-state index >= 15 is 0 Å². The van der Waals surface area contributed by atoms with Gasteiger partial charge in [-0.05, 0) is 30.0 Å². The minimum absolute atomic E-state index is 0.920. The largest absolute Gasteiger partial charge is 0.343 e. The molecule has 0 saturated heterocycles. The maximum absolute atomic E-state index is 4.11. The third-order valence-corrected chi connectivity index (χ3v) is 3.33. The Morgan fingerprint density at radius 3 is 2.83 bits per heavy atom. The Morgan fingerprint density at radius 1 is 1.28 bits per heavy atom. The highest BCUT2D eigenvalue weighted by molar-refractivity contribution is 5.83. The average molecular weight is 242 g/mol. The summed E-state index contributed by atoms with van der Waals surface area (Å²) in [6.07, 6.45) is 3.20. The fraction of sp³-hybridized carbons (Fsp3) is 0.375. The van der Waals surface area contributed by atoms with E-state index in [2.05, 4.69) is 60.8 Å². The van der Waals surface area contributed by atoms with Crippen LogP contribution in [0.3, 0.4) is 0 Å². The van der Waals surface area contributed by atoms with Crippen LogP contribution in [0.15, 0.2) is 42.6 Å². The first-order valence-corrected chi connectivity index (χ1v) is 6.70. The van der Waals surface area contributed by atoms with Gasteiger partial charge in [-0.3, -0.25) is 0 Å². The second kappa shape index (κ2) is 5.87. The zero-order chi connectivity index (χ0) is 13.0. The fourth-order valence-electron chi connectivity index (χ4n) is 2.23. The molecule has 2 nitrogen and oxygen atoms in total. The molecule has 0 bridgehead atoms. The van der Waals surface area contributed by atoms with Crippen molar-refractivity contribution in [2.24, 2.45) is 0 Å². The number of aromatic nitrogens is 1. The molecule has 0 aliphatic rings. The number of nitrogens with zero attached hydrogens (tertiary/aromatic N) is 1. The summed E-state index contributed by atoms with van der Waals surface area (Å²) in [5, 5.41) is 4.72. The van der Waals surface area contributed by atoms with Crippen molar-refractivity contribution in [2.45, 2.75) is 33.4 Å². The van der Waals surface area contributed by atoms with Gasteiger partial charge in [-0.2, -0.15) is 0 Å². The summed E-state index contributed by atoms with van der Waals surface area (Å²) in [7, 11) is 0. The van der Waals surface area contributed by atoms with Gasteiger partial charge in [0.1, 0.15) is 0 Å². The monoisotopic (exact) mass is 242 g/mol. The van der Waals surface area contributed by atoms with Crippen molar-refractivity contribution >= 4 is 10.9 Å². The lowest BCUT2D eigenvalue weighted by Crippen LogP contribution is -2.13. The highest BCUT2D eigenvalue weighted by Crippen LogP contribution is 2.21. The SMILES string of the molecule is C=C(CC)Cn1ccc2cccc(CNCC)c21. The lowest BCUT2D eigenvalue weighted by molar-refractivity contribution is 0.721. The minimum Gasteiger partial charge on any atom is -0.343 e. The molecule has 2 heteroatoms. The number of nitrogens with one attached hydrogen (secondary N) is 1. The van der Waals surface area contributed by atoms with Crippen molar-refractivity contribution in [1.29, 1.82) is 0 Å². The van der Waals surface area contributed by atoms with E-state index in [4.69, 9.17) is 0 Å². The summed E-state index contributed by atoms with van der Waals surface area (Å²) in [4.78, 5) is 0. The molecule has 1 aromatic heterocycles. The van der Waals surface area contributed by atoms with Crippen LogP contribution in [0, 0.1) is 0 Å². The molecule has 1 N–H and O–H groups in total. The molecule has 96 valence electrons. The average Bonchev–Trinajstić information content (AvgIpc) is 2.80. The highest BCUT2D eigenvalue weighted by atomic mass is 15.0. The molecule has 0 unspecified atom stereocenters. The Hall–Kier alpha value is -1.54. The zero-order valence-electron chi connectivity index (χ0n) is 11.4. The maximum atomic E-state index is 4.11. The molecule has 1 aromatic carbocycles. The standard InChI is InChI=1S/C16H22N2/c1-4-13(3)12-18-10-9-14-7-6-8-15(16(14)18)11-17-5-2/h6-10,17H,3-5,11-12H2,1-2H3. The summed E-state index contributed by atoms with van der Waals surface area (Å²) >= 11 is 0. The summed E-state index contributed by atoms with van der Waals surface area (Å²) in [6, 6.07) is 8.70. The van der Waals surface area contributed by atoms with Gasteiger partial charge in [0, 0.05) is 19.3 Å². The summed E-state index contributed by atoms with van der Waals surface area (Å²) in [6.45, 7) is 11.3. The third-order valence-electron chi connectivity index (χ3n) is 3.33. The molecular formula is C16H22N2. The van der Waals surface area contributed by atoms with Crippen molar-refractivity contribution in [3.05, 3.63) is 48.2 Å². The predicted octanol–water partition coefficient (Wildman–Crippen LogP) is 3.72. The van der Waals surface area contributed by atoms with Gasteiger partial charge in [-0.25, -0.2) is 0 Å². The van der Waals surface area contributed by atoms with Crippen molar-refractivity contribution in [3.8, 4) is 0 Å². The lowest BCUT2D eigenvalue weighted by atomic mass is 10.1. The van der Waals surface area contributed by atoms with E-state index in [0.29, 0.717) is 0 Å². The van der Waals surface area contributed by atoms with Crippen LogP contribution in [-0.4, -0.2) is 11.1 Å². The van der Waals surface area contributed by atoms with Gasteiger partial charge in [0.05, 0.1) is 5.52 Å². The second-order valence-corrected chi connectivity index (χ2v) is 4.68. The quantitative estimate of drug-likeness (QED) is 0.764. The fourth-order valence-corrected chi connectivity index (χ4v) is 2.23. The molecule has 0 amide bonds. The molecule has 2 rings (SSSR count). The second-order valence-electron chi connectivity index (χ2n) is 4.68. The van der Waals surface area contributed by atoms with E-state index in [1.54, 1.807) is 0 Å². The Labute approximate surface area is 109 Å². The Morgan fingerprint density at radius 2 is 2.11 bits per heavy atom. The van der Waals surface area contributed by atoms with Gasteiger partial charge in [0.2, 0.25) is 0 Å². The van der Waals surface area contributed by atoms with E-state index in [-0.39, 0.29) is 0 Å². The van der Waals surface area contributed by atoms with Crippen LogP contribution in [0.4, 0.5) is 0 Å². The van der Waals surface area contributed by atoms with Crippen LogP contribution in [0.1, 0.15) is 25.8 Å². The van der Waals surface area contributed by atoms with Crippen LogP contribution in [0.5, 0.6) is 0 Å². The molecule has 2 aromatic rings. The number of hydrogen-bond acceptors (Lipinski definition) is 1. The Bertz CT molecular complexity index is 537. The van der Waals surface area contributed by atoms with Gasteiger partial charge >= 0.3 is 0 Å². The Kier molecular flexibility index (Phi) is 4.21. The van der Waals surface area contributed by atoms with E-state index in [1.165, 1.54) is 22.0 Å². The normalized spacial score (nSPS) is 11.0. The van der Waals surface area contributed by atoms with Crippen molar-refractivity contribution in [3.63, 3.8) is 0 Å². The number of benzene rings is 1. The molecule has 0 spiro atoms. The topological polar surface area (TPSA) is 17.0 Å². The summed E-state index contributed by atoms with van der Waals surface area (Å²) < 4.78 is 2.31. The van der Waals surface area contributed by atoms with Crippen LogP contribution < -0.4 is 5.32 Å². The number of fused-ring (bicyclic) bond motifs is 1. The van der Waals surface area contributed by atoms with Gasteiger partial charge < -0.3 is 9.88 Å². The predicted molar refractivity (Wildman–Crippen MR) is 78.7 cm³/mol. The molecule has 18 heavy (non-hydrogen) atoms. The molecular weight excluding hydrogens is 220 g/mol. The first kappa shape index (κ1) is 12.9. The molecule has 1 heterocycles. The molecule has 0 radical (unpaired) electrons. The molecule has 0 fully saturated rings. The van der Waals surface area contributed by atoms with E-state index in [9.17, 15) is 0 Å². The van der Waals surface area contributed by atoms with E-state index in [1.807, 2.05) is 0 Å². The first-order valence-electron chi connectivity index (χ1n) is 6.70. The van der Waals surface area contributed by atoms with Gasteiger partial charge in [0.25, 0.3) is 0 Å². The van der Waals surface area contributed by atoms with Gasteiger partial charge in [0.15, 0.2) is 0 Å². The van der Waals surface area contributed by atoms with Gasteiger partial charge in [-0.15, -0.1) is 0 Å². The third kappa shape index (κ3) is 2.65. The molecule has 0 aliphatic heterocycles. The minimum atomic E-state index is 0.920. The number of rotatable bonds is 6. The van der Waals surface area contributed by atoms with Crippen LogP contribution in [0.2, 0.25) is 0 Å².